The molecule has 1 aromatic heterocycles. The van der Waals surface area contributed by atoms with Gasteiger partial charge in [0.25, 0.3) is 5.91 Å². The molecule has 2 aliphatic rings. The first-order valence-corrected chi connectivity index (χ1v) is 8.25. The fraction of sp³-hybridized carbons (Fsp3) is 0.389. The Kier molecular flexibility index (Phi) is 5.20. The Bertz CT molecular complexity index is 761. The highest BCUT2D eigenvalue weighted by Gasteiger charge is 2.34. The van der Waals surface area contributed by atoms with Gasteiger partial charge in [-0.2, -0.15) is 0 Å². The van der Waals surface area contributed by atoms with Crippen LogP contribution >= 0.6 is 12.4 Å². The summed E-state index contributed by atoms with van der Waals surface area (Å²) < 4.78 is 16.8. The van der Waals surface area contributed by atoms with Crippen LogP contribution in [0.4, 0.5) is 0 Å². The number of para-hydroxylation sites is 1. The quantitative estimate of drug-likeness (QED) is 0.906. The SMILES string of the molecule is Cl.NCc1cc(C(=O)N2CCCC2c2cccc3c2OCCO3)co1. The number of fused-ring (bicyclic) bond motifs is 1. The molecule has 1 aromatic carbocycles. The van der Waals surface area contributed by atoms with E-state index in [9.17, 15) is 4.79 Å². The summed E-state index contributed by atoms with van der Waals surface area (Å²) in [7, 11) is 0. The predicted octanol–water partition coefficient (Wildman–Crippen LogP) is 2.91. The van der Waals surface area contributed by atoms with Crippen LogP contribution in [0.5, 0.6) is 11.5 Å². The molecule has 1 fully saturated rings. The molecular formula is C18H21ClN2O4. The second-order valence-corrected chi connectivity index (χ2v) is 6.03. The molecule has 2 aliphatic heterocycles. The lowest BCUT2D eigenvalue weighted by molar-refractivity contribution is 0.0730. The maximum absolute atomic E-state index is 12.9. The fourth-order valence-electron chi connectivity index (χ4n) is 3.46. The maximum atomic E-state index is 12.9. The molecule has 4 rings (SSSR count). The third-order valence-electron chi connectivity index (χ3n) is 4.57. The Balaban J connectivity index is 0.00000182. The summed E-state index contributed by atoms with van der Waals surface area (Å²) in [6.07, 6.45) is 3.36. The molecule has 1 saturated heterocycles. The van der Waals surface area contributed by atoms with Crippen molar-refractivity contribution in [3.63, 3.8) is 0 Å². The van der Waals surface area contributed by atoms with Gasteiger partial charge in [-0.05, 0) is 25.0 Å². The van der Waals surface area contributed by atoms with Crippen molar-refractivity contribution in [3.8, 4) is 11.5 Å². The standard InChI is InChI=1S/C18H20N2O4.ClH/c19-10-13-9-12(11-24-13)18(21)20-6-2-4-15(20)14-3-1-5-16-17(14)23-8-7-22-16;/h1,3,5,9,11,15H,2,4,6-8,10,19H2;1H. The van der Waals surface area contributed by atoms with Gasteiger partial charge in [-0.15, -0.1) is 12.4 Å². The van der Waals surface area contributed by atoms with Crippen LogP contribution in [-0.4, -0.2) is 30.6 Å². The molecule has 2 aromatic rings. The van der Waals surface area contributed by atoms with Crippen molar-refractivity contribution in [1.82, 2.24) is 4.90 Å². The van der Waals surface area contributed by atoms with Crippen LogP contribution in [-0.2, 0) is 6.54 Å². The smallest absolute Gasteiger partial charge is 0.257 e. The number of nitrogens with zero attached hydrogens (tertiary/aromatic N) is 1. The number of amides is 1. The molecule has 134 valence electrons. The highest BCUT2D eigenvalue weighted by molar-refractivity contribution is 5.94. The lowest BCUT2D eigenvalue weighted by Gasteiger charge is -2.28. The minimum absolute atomic E-state index is 0. The van der Waals surface area contributed by atoms with E-state index in [1.54, 1.807) is 6.07 Å². The van der Waals surface area contributed by atoms with Crippen molar-refractivity contribution >= 4 is 18.3 Å². The first-order chi connectivity index (χ1) is 11.8. The first kappa shape index (κ1) is 17.6. The fourth-order valence-corrected chi connectivity index (χ4v) is 3.46. The van der Waals surface area contributed by atoms with Gasteiger partial charge in [0.2, 0.25) is 0 Å². The lowest BCUT2D eigenvalue weighted by atomic mass is 10.0. The number of nitrogens with two attached hydrogens (primary N) is 1. The summed E-state index contributed by atoms with van der Waals surface area (Å²) in [5.41, 5.74) is 7.12. The lowest BCUT2D eigenvalue weighted by Crippen LogP contribution is -2.31. The van der Waals surface area contributed by atoms with E-state index >= 15 is 0 Å². The Morgan fingerprint density at radius 3 is 2.92 bits per heavy atom. The van der Waals surface area contributed by atoms with Gasteiger partial charge >= 0.3 is 0 Å². The van der Waals surface area contributed by atoms with Crippen LogP contribution in [0.3, 0.4) is 0 Å². The molecule has 0 saturated carbocycles. The summed E-state index contributed by atoms with van der Waals surface area (Å²) >= 11 is 0. The number of hydrogen-bond donors (Lipinski definition) is 1. The van der Waals surface area contributed by atoms with E-state index in [0.29, 0.717) is 24.5 Å². The molecule has 2 N–H and O–H groups in total. The van der Waals surface area contributed by atoms with Crippen LogP contribution in [0.25, 0.3) is 0 Å². The summed E-state index contributed by atoms with van der Waals surface area (Å²) in [5.74, 6) is 2.10. The second kappa shape index (κ2) is 7.37. The third-order valence-corrected chi connectivity index (χ3v) is 4.57. The van der Waals surface area contributed by atoms with Crippen LogP contribution in [0.2, 0.25) is 0 Å². The Morgan fingerprint density at radius 2 is 2.12 bits per heavy atom. The van der Waals surface area contributed by atoms with E-state index < -0.39 is 0 Å². The molecule has 6 nitrogen and oxygen atoms in total. The van der Waals surface area contributed by atoms with Crippen LogP contribution in [0, 0.1) is 0 Å². The number of halogens is 1. The van der Waals surface area contributed by atoms with Crippen molar-refractivity contribution in [3.05, 3.63) is 47.4 Å². The van der Waals surface area contributed by atoms with E-state index in [1.165, 1.54) is 6.26 Å². The Morgan fingerprint density at radius 1 is 1.28 bits per heavy atom. The highest BCUT2D eigenvalue weighted by Crippen LogP contribution is 2.43. The molecule has 0 aliphatic carbocycles. The van der Waals surface area contributed by atoms with Gasteiger partial charge in [-0.1, -0.05) is 12.1 Å². The molecule has 0 radical (unpaired) electrons. The van der Waals surface area contributed by atoms with E-state index in [1.807, 2.05) is 23.1 Å². The molecule has 3 heterocycles. The Labute approximate surface area is 152 Å². The number of furan rings is 1. The highest BCUT2D eigenvalue weighted by atomic mass is 35.5. The molecule has 1 amide bonds. The van der Waals surface area contributed by atoms with Crippen molar-refractivity contribution < 1.29 is 18.7 Å². The number of benzene rings is 1. The Hall–Kier alpha value is -2.18. The number of carbonyl (C=O) groups excluding carboxylic acids is 1. The first-order valence-electron chi connectivity index (χ1n) is 8.25. The molecule has 25 heavy (non-hydrogen) atoms. The zero-order valence-electron chi connectivity index (χ0n) is 13.8. The van der Waals surface area contributed by atoms with Crippen molar-refractivity contribution in [2.75, 3.05) is 19.8 Å². The second-order valence-electron chi connectivity index (χ2n) is 6.03. The summed E-state index contributed by atoms with van der Waals surface area (Å²) in [6, 6.07) is 7.59. The zero-order chi connectivity index (χ0) is 16.5. The van der Waals surface area contributed by atoms with Gasteiger partial charge in [0.1, 0.15) is 25.2 Å². The van der Waals surface area contributed by atoms with E-state index in [0.717, 1.165) is 36.4 Å². The summed E-state index contributed by atoms with van der Waals surface area (Å²) in [6.45, 7) is 2.10. The van der Waals surface area contributed by atoms with Crippen molar-refractivity contribution in [2.45, 2.75) is 25.4 Å². The predicted molar refractivity (Wildman–Crippen MR) is 94.3 cm³/mol. The average Bonchev–Trinajstić information content (AvgIpc) is 3.30. The largest absolute Gasteiger partial charge is 0.486 e. The van der Waals surface area contributed by atoms with Gasteiger partial charge in [-0.25, -0.2) is 0 Å². The van der Waals surface area contributed by atoms with Gasteiger partial charge in [-0.3, -0.25) is 4.79 Å². The van der Waals surface area contributed by atoms with Crippen molar-refractivity contribution in [1.29, 1.82) is 0 Å². The normalized spacial score (nSPS) is 18.8. The molecular weight excluding hydrogens is 344 g/mol. The van der Waals surface area contributed by atoms with Crippen LogP contribution in [0.1, 0.15) is 40.6 Å². The average molecular weight is 365 g/mol. The molecule has 1 unspecified atom stereocenters. The number of hydrogen-bond acceptors (Lipinski definition) is 5. The topological polar surface area (TPSA) is 77.9 Å². The zero-order valence-corrected chi connectivity index (χ0v) is 14.6. The molecule has 0 bridgehead atoms. The van der Waals surface area contributed by atoms with Crippen LogP contribution < -0.4 is 15.2 Å². The minimum atomic E-state index is -0.0321. The van der Waals surface area contributed by atoms with Gasteiger partial charge in [0.15, 0.2) is 11.5 Å². The maximum Gasteiger partial charge on any atom is 0.257 e. The summed E-state index contributed by atoms with van der Waals surface area (Å²) in [4.78, 5) is 14.8. The monoisotopic (exact) mass is 364 g/mol. The van der Waals surface area contributed by atoms with E-state index in [2.05, 4.69) is 0 Å². The number of rotatable bonds is 3. The van der Waals surface area contributed by atoms with Crippen LogP contribution in [0.15, 0.2) is 34.9 Å². The molecule has 0 spiro atoms. The van der Waals surface area contributed by atoms with Gasteiger partial charge in [0.05, 0.1) is 18.2 Å². The molecule has 7 heteroatoms. The summed E-state index contributed by atoms with van der Waals surface area (Å²) in [5, 5.41) is 0. The molecule has 1 atom stereocenters. The van der Waals surface area contributed by atoms with E-state index in [-0.39, 0.29) is 30.9 Å². The third kappa shape index (κ3) is 3.19. The number of likely N-dealkylation sites (tertiary alicyclic amines) is 1. The number of ether oxygens (including phenoxy) is 2. The van der Waals surface area contributed by atoms with Crippen molar-refractivity contribution in [2.24, 2.45) is 5.73 Å². The number of carbonyl (C=O) groups is 1. The van der Waals surface area contributed by atoms with E-state index in [4.69, 9.17) is 19.6 Å². The van der Waals surface area contributed by atoms with Gasteiger partial charge < -0.3 is 24.5 Å². The minimum Gasteiger partial charge on any atom is -0.486 e. The van der Waals surface area contributed by atoms with Gasteiger partial charge in [0, 0.05) is 12.1 Å².